The Bertz CT molecular complexity index is 66.6. The van der Waals surface area contributed by atoms with E-state index in [2.05, 4.69) is 5.48 Å². The summed E-state index contributed by atoms with van der Waals surface area (Å²) < 4.78 is 0. The largest absolute Gasteiger partial charge is 0.279 e. The third kappa shape index (κ3) is 2.33. The van der Waals surface area contributed by atoms with E-state index in [1.54, 1.807) is 7.05 Å². The lowest BCUT2D eigenvalue weighted by Crippen LogP contribution is -2.19. The molecule has 0 aromatic rings. The van der Waals surface area contributed by atoms with Gasteiger partial charge in [-0.25, -0.2) is 0 Å². The molecule has 0 unspecified atom stereocenters. The van der Waals surface area contributed by atoms with Crippen LogP contribution in [0.3, 0.4) is 0 Å². The van der Waals surface area contributed by atoms with E-state index < -0.39 is 0 Å². The topological polar surface area (TPSA) is 23.3 Å². The Labute approximate surface area is 56.5 Å². The lowest BCUT2D eigenvalue weighted by atomic mass is 9.98. The average molecular weight is 128 g/mol. The van der Waals surface area contributed by atoms with Gasteiger partial charge in [0.25, 0.3) is 0 Å². The van der Waals surface area contributed by atoms with Gasteiger partial charge in [0.15, 0.2) is 0 Å². The molecule has 1 aliphatic rings. The number of rotatable bonds is 2. The smallest absolute Gasteiger partial charge is 0.0810 e. The highest BCUT2D eigenvalue weighted by atomic mass is 16.7. The molecule has 0 heterocycles. The maximum absolute atomic E-state index is 5.11. The third-order valence-electron chi connectivity index (χ3n) is 1.81. The van der Waals surface area contributed by atoms with Gasteiger partial charge in [-0.15, -0.1) is 5.48 Å². The minimum absolute atomic E-state index is 0.434. The highest BCUT2D eigenvalue weighted by molar-refractivity contribution is 4.63. The Hall–Kier alpha value is -0.0800. The van der Waals surface area contributed by atoms with Crippen LogP contribution in [0.25, 0.3) is 0 Å². The fourth-order valence-corrected chi connectivity index (χ4v) is 1.32. The second-order valence-corrected chi connectivity index (χ2v) is 2.55. The van der Waals surface area contributed by atoms with E-state index in [0.29, 0.717) is 6.10 Å². The van der Waals surface area contributed by atoms with Gasteiger partial charge in [-0.1, -0.05) is 19.3 Å². The maximum Gasteiger partial charge on any atom is 0.0810 e. The summed E-state index contributed by atoms with van der Waals surface area (Å²) in [7, 11) is 1.70. The van der Waals surface area contributed by atoms with E-state index in [9.17, 15) is 0 Å². The molecule has 1 saturated carbocycles. The molecule has 0 spiro atoms. The van der Waals surface area contributed by atoms with Crippen LogP contribution in [0.15, 0.2) is 0 Å². The van der Waals surface area contributed by atoms with E-state index in [1.165, 1.54) is 32.1 Å². The van der Waals surface area contributed by atoms with Gasteiger partial charge in [0.05, 0.1) is 6.10 Å². The standard InChI is InChI=1S/C7H14NO/c1-8-9-7-5-3-2-4-6-7/h7H,2-6H2,1H3. The van der Waals surface area contributed by atoms with E-state index >= 15 is 0 Å². The van der Waals surface area contributed by atoms with Crippen LogP contribution in [-0.2, 0) is 4.84 Å². The lowest BCUT2D eigenvalue weighted by molar-refractivity contribution is -0.0363. The van der Waals surface area contributed by atoms with Crippen molar-refractivity contribution in [3.05, 3.63) is 0 Å². The molecule has 0 aromatic heterocycles. The molecule has 1 radical (unpaired) electrons. The molecule has 0 saturated heterocycles. The SMILES string of the molecule is C[N]OC1CCCCC1. The van der Waals surface area contributed by atoms with Crippen LogP contribution < -0.4 is 5.48 Å². The van der Waals surface area contributed by atoms with Gasteiger partial charge in [-0.05, 0) is 12.8 Å². The van der Waals surface area contributed by atoms with Gasteiger partial charge < -0.3 is 0 Å². The summed E-state index contributed by atoms with van der Waals surface area (Å²) in [5.41, 5.74) is 3.66. The Morgan fingerprint density at radius 2 is 1.89 bits per heavy atom. The first-order valence-electron chi connectivity index (χ1n) is 3.68. The Morgan fingerprint density at radius 3 is 2.44 bits per heavy atom. The van der Waals surface area contributed by atoms with Crippen molar-refractivity contribution < 1.29 is 4.84 Å². The summed E-state index contributed by atoms with van der Waals surface area (Å²) in [6, 6.07) is 0. The highest BCUT2D eigenvalue weighted by Crippen LogP contribution is 2.19. The molecule has 0 N–H and O–H groups in total. The van der Waals surface area contributed by atoms with E-state index in [4.69, 9.17) is 4.84 Å². The molecule has 1 fully saturated rings. The van der Waals surface area contributed by atoms with Crippen molar-refractivity contribution in [1.82, 2.24) is 5.48 Å². The molecule has 2 heteroatoms. The fourth-order valence-electron chi connectivity index (χ4n) is 1.32. The first-order chi connectivity index (χ1) is 4.43. The van der Waals surface area contributed by atoms with Crippen molar-refractivity contribution in [3.8, 4) is 0 Å². The van der Waals surface area contributed by atoms with E-state index in [0.717, 1.165) is 0 Å². The summed E-state index contributed by atoms with van der Waals surface area (Å²) in [5.74, 6) is 0. The zero-order valence-corrected chi connectivity index (χ0v) is 5.97. The zero-order chi connectivity index (χ0) is 6.53. The third-order valence-corrected chi connectivity index (χ3v) is 1.81. The molecular formula is C7H14NO. The Balaban J connectivity index is 2.08. The number of hydrogen-bond acceptors (Lipinski definition) is 1. The van der Waals surface area contributed by atoms with Crippen molar-refractivity contribution in [2.45, 2.75) is 38.2 Å². The highest BCUT2D eigenvalue weighted by Gasteiger charge is 2.12. The van der Waals surface area contributed by atoms with Crippen LogP contribution in [0.2, 0.25) is 0 Å². The molecule has 2 nitrogen and oxygen atoms in total. The second-order valence-electron chi connectivity index (χ2n) is 2.55. The van der Waals surface area contributed by atoms with Crippen LogP contribution in [0.5, 0.6) is 0 Å². The van der Waals surface area contributed by atoms with Crippen molar-refractivity contribution in [2.24, 2.45) is 0 Å². The van der Waals surface area contributed by atoms with Crippen molar-refractivity contribution in [3.63, 3.8) is 0 Å². The molecule has 0 bridgehead atoms. The predicted octanol–water partition coefficient (Wildman–Crippen LogP) is 1.48. The van der Waals surface area contributed by atoms with Gasteiger partial charge in [-0.2, -0.15) is 0 Å². The first kappa shape index (κ1) is 7.03. The molecule has 1 aliphatic carbocycles. The van der Waals surface area contributed by atoms with Gasteiger partial charge in [0.2, 0.25) is 0 Å². The summed E-state index contributed by atoms with van der Waals surface area (Å²) in [4.78, 5) is 5.11. The summed E-state index contributed by atoms with van der Waals surface area (Å²) in [5, 5.41) is 0. The van der Waals surface area contributed by atoms with Crippen LogP contribution in [0.4, 0.5) is 0 Å². The van der Waals surface area contributed by atoms with Crippen molar-refractivity contribution in [1.29, 1.82) is 0 Å². The summed E-state index contributed by atoms with van der Waals surface area (Å²) >= 11 is 0. The van der Waals surface area contributed by atoms with Crippen LogP contribution >= 0.6 is 0 Å². The lowest BCUT2D eigenvalue weighted by Gasteiger charge is -2.19. The van der Waals surface area contributed by atoms with Crippen molar-refractivity contribution >= 4 is 0 Å². The normalized spacial score (nSPS) is 22.3. The average Bonchev–Trinajstić information content (AvgIpc) is 1.91. The van der Waals surface area contributed by atoms with Gasteiger partial charge in [0, 0.05) is 7.05 Å². The van der Waals surface area contributed by atoms with Crippen LogP contribution in [-0.4, -0.2) is 13.2 Å². The first-order valence-corrected chi connectivity index (χ1v) is 3.68. The molecule has 53 valence electrons. The predicted molar refractivity (Wildman–Crippen MR) is 36.0 cm³/mol. The van der Waals surface area contributed by atoms with Gasteiger partial charge in [-0.3, -0.25) is 4.84 Å². The zero-order valence-electron chi connectivity index (χ0n) is 5.97. The van der Waals surface area contributed by atoms with Gasteiger partial charge in [0.1, 0.15) is 0 Å². The molecule has 0 atom stereocenters. The van der Waals surface area contributed by atoms with E-state index in [-0.39, 0.29) is 0 Å². The quantitative estimate of drug-likeness (QED) is 0.517. The molecule has 1 rings (SSSR count). The maximum atomic E-state index is 5.11. The van der Waals surface area contributed by atoms with Crippen LogP contribution in [0.1, 0.15) is 32.1 Å². The molecular weight excluding hydrogens is 114 g/mol. The van der Waals surface area contributed by atoms with Crippen LogP contribution in [0, 0.1) is 0 Å². The van der Waals surface area contributed by atoms with E-state index in [1.807, 2.05) is 0 Å². The summed E-state index contributed by atoms with van der Waals surface area (Å²) in [6.07, 6.45) is 6.86. The minimum Gasteiger partial charge on any atom is -0.279 e. The van der Waals surface area contributed by atoms with Gasteiger partial charge >= 0.3 is 0 Å². The fraction of sp³-hybridized carbons (Fsp3) is 1.00. The number of hydrogen-bond donors (Lipinski definition) is 0. The summed E-state index contributed by atoms with van der Waals surface area (Å²) in [6.45, 7) is 0. The molecule has 0 aromatic carbocycles. The molecule has 0 aliphatic heterocycles. The number of hydroxylamine groups is 1. The Kier molecular flexibility index (Phi) is 3.01. The Morgan fingerprint density at radius 1 is 1.22 bits per heavy atom. The number of nitrogens with zero attached hydrogens (tertiary/aromatic N) is 1. The second kappa shape index (κ2) is 3.85. The van der Waals surface area contributed by atoms with Crippen molar-refractivity contribution in [2.75, 3.05) is 7.05 Å². The minimum atomic E-state index is 0.434. The monoisotopic (exact) mass is 128 g/mol. The molecule has 9 heavy (non-hydrogen) atoms. The molecule has 0 amide bonds.